The molecule has 4 aromatic rings. The second kappa shape index (κ2) is 14.4. The standard InChI is InChI=1S/C30H36N4O2S/c1-3-10-25-21-28(36-27-12-6-5-7-13-27)15-16-29(25)35-18-8-9-19-37-30-17-14-24(20-26(30)11-4-2)22-34-23-31-32-33-34/h5-7,12-17,20-21,23H,3-4,8-11,18-19,22H2,1-2H3. The highest BCUT2D eigenvalue weighted by molar-refractivity contribution is 7.99. The van der Waals surface area contributed by atoms with E-state index < -0.39 is 0 Å². The predicted octanol–water partition coefficient (Wildman–Crippen LogP) is 7.37. The molecule has 194 valence electrons. The van der Waals surface area contributed by atoms with Crippen LogP contribution in [0.3, 0.4) is 0 Å². The Morgan fingerprint density at radius 2 is 1.68 bits per heavy atom. The highest BCUT2D eigenvalue weighted by Crippen LogP contribution is 2.30. The summed E-state index contributed by atoms with van der Waals surface area (Å²) in [6.07, 6.45) is 8.05. The Bertz CT molecular complexity index is 1220. The normalized spacial score (nSPS) is 11.0. The van der Waals surface area contributed by atoms with Gasteiger partial charge in [0.2, 0.25) is 0 Å². The fraction of sp³-hybridized carbons (Fsp3) is 0.367. The minimum Gasteiger partial charge on any atom is -0.493 e. The number of aryl methyl sites for hydroxylation is 2. The molecule has 1 aromatic heterocycles. The number of hydrogen-bond acceptors (Lipinski definition) is 6. The zero-order valence-corrected chi connectivity index (χ0v) is 22.6. The molecular weight excluding hydrogens is 480 g/mol. The molecular formula is C30H36N4O2S. The molecule has 0 aliphatic heterocycles. The molecule has 0 unspecified atom stereocenters. The van der Waals surface area contributed by atoms with Crippen LogP contribution in [0.25, 0.3) is 0 Å². The van der Waals surface area contributed by atoms with Crippen molar-refractivity contribution in [2.45, 2.75) is 63.8 Å². The van der Waals surface area contributed by atoms with Gasteiger partial charge in [0.05, 0.1) is 13.2 Å². The van der Waals surface area contributed by atoms with E-state index in [0.29, 0.717) is 6.54 Å². The van der Waals surface area contributed by atoms with Gasteiger partial charge in [-0.15, -0.1) is 16.9 Å². The molecule has 0 bridgehead atoms. The van der Waals surface area contributed by atoms with Crippen molar-refractivity contribution in [3.8, 4) is 17.2 Å². The van der Waals surface area contributed by atoms with E-state index in [0.717, 1.165) is 68.1 Å². The zero-order chi connectivity index (χ0) is 25.7. The van der Waals surface area contributed by atoms with Gasteiger partial charge >= 0.3 is 0 Å². The number of ether oxygens (including phenoxy) is 2. The smallest absolute Gasteiger partial charge is 0.138 e. The Morgan fingerprint density at radius 1 is 0.838 bits per heavy atom. The summed E-state index contributed by atoms with van der Waals surface area (Å²) in [5, 5.41) is 11.4. The lowest BCUT2D eigenvalue weighted by Crippen LogP contribution is -2.02. The highest BCUT2D eigenvalue weighted by Gasteiger charge is 2.08. The molecule has 6 nitrogen and oxygen atoms in total. The van der Waals surface area contributed by atoms with Crippen LogP contribution in [0.15, 0.2) is 78.0 Å². The third-order valence-electron chi connectivity index (χ3n) is 5.96. The molecule has 3 aromatic carbocycles. The lowest BCUT2D eigenvalue weighted by molar-refractivity contribution is 0.306. The Balaban J connectivity index is 1.24. The van der Waals surface area contributed by atoms with Crippen LogP contribution in [0.5, 0.6) is 17.2 Å². The van der Waals surface area contributed by atoms with Crippen LogP contribution < -0.4 is 9.47 Å². The largest absolute Gasteiger partial charge is 0.493 e. The van der Waals surface area contributed by atoms with E-state index in [1.54, 1.807) is 11.0 Å². The first kappa shape index (κ1) is 26.7. The summed E-state index contributed by atoms with van der Waals surface area (Å²) in [6.45, 7) is 5.85. The number of tetrazole rings is 1. The molecule has 0 amide bonds. The molecule has 1 heterocycles. The molecule has 37 heavy (non-hydrogen) atoms. The van der Waals surface area contributed by atoms with Crippen LogP contribution in [0.2, 0.25) is 0 Å². The van der Waals surface area contributed by atoms with Gasteiger partial charge in [0.15, 0.2) is 0 Å². The average molecular weight is 517 g/mol. The van der Waals surface area contributed by atoms with Crippen molar-refractivity contribution in [3.05, 3.63) is 89.7 Å². The number of rotatable bonds is 15. The quantitative estimate of drug-likeness (QED) is 0.121. The van der Waals surface area contributed by atoms with E-state index in [-0.39, 0.29) is 0 Å². The molecule has 0 aliphatic carbocycles. The maximum Gasteiger partial charge on any atom is 0.138 e. The minimum atomic E-state index is 0.700. The van der Waals surface area contributed by atoms with Gasteiger partial charge in [-0.3, -0.25) is 0 Å². The highest BCUT2D eigenvalue weighted by atomic mass is 32.2. The summed E-state index contributed by atoms with van der Waals surface area (Å²) in [7, 11) is 0. The zero-order valence-electron chi connectivity index (χ0n) is 21.8. The molecule has 4 rings (SSSR count). The van der Waals surface area contributed by atoms with Crippen LogP contribution in [0, 0.1) is 0 Å². The lowest BCUT2D eigenvalue weighted by atomic mass is 10.1. The molecule has 0 fully saturated rings. The molecule has 0 atom stereocenters. The molecule has 0 radical (unpaired) electrons. The first-order valence-electron chi connectivity index (χ1n) is 13.2. The maximum atomic E-state index is 6.19. The number of para-hydroxylation sites is 1. The van der Waals surface area contributed by atoms with Crippen LogP contribution in [-0.2, 0) is 19.4 Å². The third kappa shape index (κ3) is 8.35. The Labute approximate surface area is 224 Å². The number of hydrogen-bond donors (Lipinski definition) is 0. The van der Waals surface area contributed by atoms with E-state index in [2.05, 4.69) is 53.6 Å². The molecule has 0 N–H and O–H groups in total. The van der Waals surface area contributed by atoms with Crippen LogP contribution >= 0.6 is 11.8 Å². The van der Waals surface area contributed by atoms with Gasteiger partial charge < -0.3 is 9.47 Å². The monoisotopic (exact) mass is 516 g/mol. The van der Waals surface area contributed by atoms with E-state index in [1.165, 1.54) is 21.6 Å². The number of nitrogens with zero attached hydrogens (tertiary/aromatic N) is 4. The van der Waals surface area contributed by atoms with Crippen LogP contribution in [0.4, 0.5) is 0 Å². The van der Waals surface area contributed by atoms with Crippen LogP contribution in [0.1, 0.15) is 56.2 Å². The van der Waals surface area contributed by atoms with Crippen molar-refractivity contribution in [3.63, 3.8) is 0 Å². The van der Waals surface area contributed by atoms with Crippen molar-refractivity contribution < 1.29 is 9.47 Å². The number of thioether (sulfide) groups is 1. The average Bonchev–Trinajstić information content (AvgIpc) is 3.42. The van der Waals surface area contributed by atoms with Gasteiger partial charge in [-0.2, -0.15) is 0 Å². The van der Waals surface area contributed by atoms with Gasteiger partial charge in [-0.05, 0) is 95.0 Å². The maximum absolute atomic E-state index is 6.19. The predicted molar refractivity (Wildman–Crippen MR) is 150 cm³/mol. The van der Waals surface area contributed by atoms with Crippen molar-refractivity contribution in [2.24, 2.45) is 0 Å². The van der Waals surface area contributed by atoms with Crippen LogP contribution in [-0.4, -0.2) is 32.6 Å². The van der Waals surface area contributed by atoms with E-state index in [4.69, 9.17) is 9.47 Å². The molecule has 0 saturated carbocycles. The lowest BCUT2D eigenvalue weighted by Gasteiger charge is -2.14. The number of unbranched alkanes of at least 4 members (excludes halogenated alkanes) is 1. The first-order chi connectivity index (χ1) is 18.2. The molecule has 0 saturated heterocycles. The van der Waals surface area contributed by atoms with Gasteiger partial charge in [-0.1, -0.05) is 57.0 Å². The second-order valence-electron chi connectivity index (χ2n) is 9.04. The summed E-state index contributed by atoms with van der Waals surface area (Å²) in [6, 6.07) is 22.8. The third-order valence-corrected chi connectivity index (χ3v) is 7.17. The second-order valence-corrected chi connectivity index (χ2v) is 10.2. The summed E-state index contributed by atoms with van der Waals surface area (Å²) in [4.78, 5) is 1.38. The van der Waals surface area contributed by atoms with Gasteiger partial charge in [0, 0.05) is 4.90 Å². The van der Waals surface area contributed by atoms with E-state index in [1.807, 2.05) is 54.2 Å². The van der Waals surface area contributed by atoms with Crippen molar-refractivity contribution in [1.82, 2.24) is 20.2 Å². The fourth-order valence-corrected chi connectivity index (χ4v) is 5.27. The number of aromatic nitrogens is 4. The molecule has 0 spiro atoms. The molecule has 7 heteroatoms. The van der Waals surface area contributed by atoms with Gasteiger partial charge in [0.25, 0.3) is 0 Å². The van der Waals surface area contributed by atoms with Crippen molar-refractivity contribution >= 4 is 11.8 Å². The Kier molecular flexibility index (Phi) is 10.4. The topological polar surface area (TPSA) is 62.1 Å². The summed E-state index contributed by atoms with van der Waals surface area (Å²) in [5.41, 5.74) is 3.85. The summed E-state index contributed by atoms with van der Waals surface area (Å²) >= 11 is 1.94. The summed E-state index contributed by atoms with van der Waals surface area (Å²) < 4.78 is 14.0. The number of benzene rings is 3. The molecule has 0 aliphatic rings. The minimum absolute atomic E-state index is 0.700. The SMILES string of the molecule is CCCc1cc(Oc2ccccc2)ccc1OCCCCSc1ccc(Cn2cnnn2)cc1CCC. The Hall–Kier alpha value is -3.32. The van der Waals surface area contributed by atoms with Gasteiger partial charge in [-0.25, -0.2) is 4.68 Å². The fourth-order valence-electron chi connectivity index (χ4n) is 4.19. The van der Waals surface area contributed by atoms with Crippen molar-refractivity contribution in [1.29, 1.82) is 0 Å². The Morgan fingerprint density at radius 3 is 2.46 bits per heavy atom. The van der Waals surface area contributed by atoms with E-state index in [9.17, 15) is 0 Å². The van der Waals surface area contributed by atoms with E-state index >= 15 is 0 Å². The van der Waals surface area contributed by atoms with Gasteiger partial charge in [0.1, 0.15) is 23.6 Å². The first-order valence-corrected chi connectivity index (χ1v) is 14.2. The van der Waals surface area contributed by atoms with Crippen molar-refractivity contribution in [2.75, 3.05) is 12.4 Å². The summed E-state index contributed by atoms with van der Waals surface area (Å²) in [5.74, 6) is 3.75.